The maximum absolute atomic E-state index is 11.5. The van der Waals surface area contributed by atoms with Crippen LogP contribution in [0.3, 0.4) is 0 Å². The first-order valence-electron chi connectivity index (χ1n) is 7.16. The number of carboxylic acid groups (broad SMARTS) is 1. The maximum Gasteiger partial charge on any atom is 0.305 e. The number of amidine groups is 1. The van der Waals surface area contributed by atoms with Crippen molar-refractivity contribution in [1.82, 2.24) is 5.32 Å². The van der Waals surface area contributed by atoms with E-state index >= 15 is 0 Å². The third kappa shape index (κ3) is 3.89. The summed E-state index contributed by atoms with van der Waals surface area (Å²) in [4.78, 5) is 22.2. The number of hydrogen-bond acceptors (Lipinski definition) is 6. The fraction of sp³-hybridized carbons (Fsp3) is 0.333. The third-order valence-electron chi connectivity index (χ3n) is 3.59. The Bertz CT molecular complexity index is 713. The summed E-state index contributed by atoms with van der Waals surface area (Å²) < 4.78 is 0. The molecule has 8 heteroatoms. The van der Waals surface area contributed by atoms with E-state index in [0.29, 0.717) is 11.5 Å². The summed E-state index contributed by atoms with van der Waals surface area (Å²) in [6.07, 6.45) is 3.46. The van der Waals surface area contributed by atoms with Crippen molar-refractivity contribution in [1.29, 1.82) is 0 Å². The summed E-state index contributed by atoms with van der Waals surface area (Å²) in [5.41, 5.74) is 1.66. The number of carbonyl (C=O) groups excluding carboxylic acids is 1. The lowest BCUT2D eigenvalue weighted by Crippen LogP contribution is -2.26. The Morgan fingerprint density at radius 1 is 1.43 bits per heavy atom. The smallest absolute Gasteiger partial charge is 0.305 e. The number of amides is 1. The van der Waals surface area contributed by atoms with Crippen LogP contribution in [-0.4, -0.2) is 38.7 Å². The first-order chi connectivity index (χ1) is 11.0. The van der Waals surface area contributed by atoms with Gasteiger partial charge in [0.2, 0.25) is 5.91 Å². The van der Waals surface area contributed by atoms with Crippen molar-refractivity contribution >= 4 is 35.0 Å². The van der Waals surface area contributed by atoms with E-state index in [1.165, 1.54) is 6.21 Å². The van der Waals surface area contributed by atoms with Gasteiger partial charge in [-0.05, 0) is 36.5 Å². The maximum atomic E-state index is 11.5. The summed E-state index contributed by atoms with van der Waals surface area (Å²) in [6, 6.07) is 5.47. The molecule has 1 aliphatic carbocycles. The van der Waals surface area contributed by atoms with Crippen LogP contribution in [0.2, 0.25) is 0 Å². The van der Waals surface area contributed by atoms with Crippen LogP contribution in [0, 0.1) is 0 Å². The second-order valence-electron chi connectivity index (χ2n) is 5.44. The number of hydrogen-bond donors (Lipinski definition) is 3. The zero-order chi connectivity index (χ0) is 16.4. The Kier molecular flexibility index (Phi) is 4.33. The van der Waals surface area contributed by atoms with Crippen molar-refractivity contribution in [3.8, 4) is 5.75 Å². The number of nitrogens with zero attached hydrogens (tertiary/aromatic N) is 2. The largest absolute Gasteiger partial charge is 0.507 e. The predicted octanol–water partition coefficient (Wildman–Crippen LogP) is 1.67. The second kappa shape index (κ2) is 6.41. The highest BCUT2D eigenvalue weighted by Crippen LogP contribution is 2.41. The molecule has 0 aromatic heterocycles. The molecule has 1 saturated carbocycles. The quantitative estimate of drug-likeness (QED) is 0.560. The lowest BCUT2D eigenvalue weighted by atomic mass is 10.1. The molecule has 1 aliphatic heterocycles. The van der Waals surface area contributed by atoms with Gasteiger partial charge in [-0.3, -0.25) is 9.59 Å². The molecule has 1 saturated heterocycles. The average molecular weight is 333 g/mol. The van der Waals surface area contributed by atoms with E-state index in [2.05, 4.69) is 15.5 Å². The zero-order valence-electron chi connectivity index (χ0n) is 12.1. The van der Waals surface area contributed by atoms with Crippen LogP contribution in [0.5, 0.6) is 5.75 Å². The zero-order valence-corrected chi connectivity index (χ0v) is 12.9. The fourth-order valence-electron chi connectivity index (χ4n) is 2.23. The van der Waals surface area contributed by atoms with Gasteiger partial charge in [-0.25, -0.2) is 0 Å². The number of rotatable bonds is 5. The molecule has 0 spiro atoms. The molecule has 1 aromatic carbocycles. The molecule has 7 nitrogen and oxygen atoms in total. The minimum atomic E-state index is -1.04. The number of carbonyl (C=O) groups is 2. The van der Waals surface area contributed by atoms with Crippen molar-refractivity contribution < 1.29 is 19.8 Å². The van der Waals surface area contributed by atoms with Crippen LogP contribution in [0.15, 0.2) is 28.4 Å². The molecular formula is C15H15N3O4S. The molecule has 23 heavy (non-hydrogen) atoms. The number of phenols is 1. The molecule has 120 valence electrons. The molecular weight excluding hydrogens is 318 g/mol. The summed E-state index contributed by atoms with van der Waals surface area (Å²) in [6.45, 7) is 0. The molecule has 1 unspecified atom stereocenters. The summed E-state index contributed by atoms with van der Waals surface area (Å²) in [7, 11) is 0. The van der Waals surface area contributed by atoms with Crippen molar-refractivity contribution in [2.24, 2.45) is 10.2 Å². The topological polar surface area (TPSA) is 111 Å². The van der Waals surface area contributed by atoms with E-state index in [1.54, 1.807) is 12.1 Å². The van der Waals surface area contributed by atoms with Crippen LogP contribution < -0.4 is 5.32 Å². The normalized spacial score (nSPS) is 22.7. The van der Waals surface area contributed by atoms with Gasteiger partial charge in [0.15, 0.2) is 5.17 Å². The molecule has 0 radical (unpaired) electrons. The lowest BCUT2D eigenvalue weighted by Gasteiger charge is -2.02. The Hall–Kier alpha value is -2.35. The van der Waals surface area contributed by atoms with Gasteiger partial charge in [0.25, 0.3) is 0 Å². The Morgan fingerprint density at radius 3 is 2.87 bits per heavy atom. The van der Waals surface area contributed by atoms with E-state index < -0.39 is 11.2 Å². The van der Waals surface area contributed by atoms with Gasteiger partial charge in [-0.1, -0.05) is 17.8 Å². The van der Waals surface area contributed by atoms with Crippen molar-refractivity contribution in [3.63, 3.8) is 0 Å². The van der Waals surface area contributed by atoms with Gasteiger partial charge in [0, 0.05) is 5.56 Å². The summed E-state index contributed by atoms with van der Waals surface area (Å²) in [5, 5.41) is 28.4. The highest BCUT2D eigenvalue weighted by molar-refractivity contribution is 8.15. The molecule has 1 aromatic rings. The second-order valence-corrected chi connectivity index (χ2v) is 6.63. The first-order valence-corrected chi connectivity index (χ1v) is 8.04. The van der Waals surface area contributed by atoms with E-state index in [4.69, 9.17) is 5.11 Å². The highest BCUT2D eigenvalue weighted by Gasteiger charge is 2.32. The molecule has 1 atom stereocenters. The number of thioether (sulfide) groups is 1. The first kappa shape index (κ1) is 15.5. The van der Waals surface area contributed by atoms with Crippen LogP contribution in [0.4, 0.5) is 0 Å². The van der Waals surface area contributed by atoms with Gasteiger partial charge < -0.3 is 15.5 Å². The highest BCUT2D eigenvalue weighted by atomic mass is 32.2. The van der Waals surface area contributed by atoms with Crippen LogP contribution in [0.1, 0.15) is 36.3 Å². The number of nitrogens with one attached hydrogen (secondary N) is 1. The van der Waals surface area contributed by atoms with E-state index in [-0.39, 0.29) is 23.2 Å². The van der Waals surface area contributed by atoms with Gasteiger partial charge >= 0.3 is 5.97 Å². The van der Waals surface area contributed by atoms with E-state index in [0.717, 1.165) is 30.2 Å². The lowest BCUT2D eigenvalue weighted by molar-refractivity contribution is -0.138. The molecule has 2 aliphatic rings. The molecule has 3 rings (SSSR count). The number of benzene rings is 1. The van der Waals surface area contributed by atoms with Crippen LogP contribution in [0.25, 0.3) is 0 Å². The Morgan fingerprint density at radius 2 is 2.22 bits per heavy atom. The van der Waals surface area contributed by atoms with Gasteiger partial charge in [0.1, 0.15) is 11.0 Å². The summed E-state index contributed by atoms with van der Waals surface area (Å²) >= 11 is 1.03. The van der Waals surface area contributed by atoms with E-state index in [1.807, 2.05) is 6.07 Å². The predicted molar refractivity (Wildman–Crippen MR) is 86.9 cm³/mol. The molecule has 2 fully saturated rings. The monoisotopic (exact) mass is 333 g/mol. The minimum Gasteiger partial charge on any atom is -0.507 e. The van der Waals surface area contributed by atoms with Crippen molar-refractivity contribution in [2.45, 2.75) is 30.4 Å². The molecule has 1 heterocycles. The number of carboxylic acids is 1. The van der Waals surface area contributed by atoms with Crippen molar-refractivity contribution in [2.75, 3.05) is 0 Å². The Balaban J connectivity index is 1.64. The third-order valence-corrected chi connectivity index (χ3v) is 4.66. The number of aromatic hydroxyl groups is 1. The molecule has 1 amide bonds. The average Bonchev–Trinajstić information content (AvgIpc) is 3.27. The minimum absolute atomic E-state index is 0.144. The van der Waals surface area contributed by atoms with Gasteiger partial charge in [0.05, 0.1) is 12.6 Å². The van der Waals surface area contributed by atoms with Crippen LogP contribution >= 0.6 is 11.8 Å². The molecule has 3 N–H and O–H groups in total. The Labute approximate surface area is 136 Å². The van der Waals surface area contributed by atoms with E-state index in [9.17, 15) is 14.7 Å². The van der Waals surface area contributed by atoms with Gasteiger partial charge in [-0.2, -0.15) is 5.10 Å². The van der Waals surface area contributed by atoms with Crippen molar-refractivity contribution in [3.05, 3.63) is 29.3 Å². The number of phenolic OH excluding ortho intramolecular Hbond substituents is 1. The van der Waals surface area contributed by atoms with Crippen LogP contribution in [-0.2, 0) is 9.59 Å². The number of aliphatic carboxylic acids is 1. The fourth-order valence-corrected chi connectivity index (χ4v) is 3.14. The summed E-state index contributed by atoms with van der Waals surface area (Å²) in [5.74, 6) is -0.723. The molecule has 0 bridgehead atoms. The standard InChI is InChI=1S/C15H15N3O4S/c19-11-5-9(8-1-2-8)3-4-10(11)7-16-18-15-17-14(22)12(23-15)6-13(20)21/h3-5,7-8,12,19H,1-2,6H2,(H,20,21)(H,17,18,22). The van der Waals surface area contributed by atoms with Gasteiger partial charge in [-0.15, -0.1) is 5.10 Å². The SMILES string of the molecule is O=C(O)CC1SC(=NN=Cc2ccc(C3CC3)cc2O)NC1=O.